The highest BCUT2D eigenvalue weighted by Gasteiger charge is 2.17. The molecular weight excluding hydrogens is 312 g/mol. The summed E-state index contributed by atoms with van der Waals surface area (Å²) in [4.78, 5) is 34.9. The number of rotatable bonds is 5. The molecule has 10 nitrogen and oxygen atoms in total. The number of imidazole rings is 1. The Labute approximate surface area is 136 Å². The van der Waals surface area contributed by atoms with Crippen molar-refractivity contribution in [2.75, 3.05) is 0 Å². The van der Waals surface area contributed by atoms with Crippen molar-refractivity contribution in [2.45, 2.75) is 32.9 Å². The summed E-state index contributed by atoms with van der Waals surface area (Å²) >= 11 is 0. The van der Waals surface area contributed by atoms with Crippen LogP contribution in [0, 0.1) is 11.3 Å². The lowest BCUT2D eigenvalue weighted by atomic mass is 10.3. The van der Waals surface area contributed by atoms with Gasteiger partial charge in [-0.2, -0.15) is 5.26 Å². The maximum Gasteiger partial charge on any atom is 0.330 e. The van der Waals surface area contributed by atoms with Crippen LogP contribution in [-0.2, 0) is 20.1 Å². The predicted octanol–water partition coefficient (Wildman–Crippen LogP) is -0.265. The molecule has 0 saturated heterocycles. The Kier molecular flexibility index (Phi) is 3.99. The number of nitrogens with zero attached hydrogens (tertiary/aromatic N) is 7. The molecule has 0 fully saturated rings. The van der Waals surface area contributed by atoms with E-state index in [9.17, 15) is 9.59 Å². The molecule has 0 bridgehead atoms. The summed E-state index contributed by atoms with van der Waals surface area (Å²) in [5.74, 6) is 0.604. The Morgan fingerprint density at radius 2 is 2.17 bits per heavy atom. The number of nitrogens with one attached hydrogen (secondary N) is 1. The Bertz CT molecular complexity index is 1050. The minimum Gasteiger partial charge on any atom is -0.324 e. The Hall–Kier alpha value is -3.22. The van der Waals surface area contributed by atoms with Crippen LogP contribution in [0.15, 0.2) is 15.9 Å². The SMILES string of the molecule is CCCCn1c(=O)[nH]c(=O)c2c1nc(Cn1cnc(C#N)n1)n2C. The van der Waals surface area contributed by atoms with Crippen LogP contribution in [0.3, 0.4) is 0 Å². The lowest BCUT2D eigenvalue weighted by Gasteiger charge is -2.04. The van der Waals surface area contributed by atoms with E-state index in [1.807, 2.05) is 13.0 Å². The number of aryl methyl sites for hydroxylation is 2. The Morgan fingerprint density at radius 1 is 1.38 bits per heavy atom. The van der Waals surface area contributed by atoms with Crippen molar-refractivity contribution in [3.63, 3.8) is 0 Å². The van der Waals surface area contributed by atoms with Gasteiger partial charge in [0.1, 0.15) is 24.8 Å². The zero-order valence-electron chi connectivity index (χ0n) is 13.4. The van der Waals surface area contributed by atoms with Gasteiger partial charge in [0.25, 0.3) is 11.4 Å². The minimum absolute atomic E-state index is 0.0615. The summed E-state index contributed by atoms with van der Waals surface area (Å²) in [7, 11) is 1.71. The van der Waals surface area contributed by atoms with E-state index in [2.05, 4.69) is 20.1 Å². The molecule has 3 aromatic heterocycles. The molecule has 0 radical (unpaired) electrons. The van der Waals surface area contributed by atoms with Gasteiger partial charge < -0.3 is 4.57 Å². The van der Waals surface area contributed by atoms with Gasteiger partial charge in [0.15, 0.2) is 11.2 Å². The highest BCUT2D eigenvalue weighted by atomic mass is 16.2. The average molecular weight is 328 g/mol. The van der Waals surface area contributed by atoms with E-state index in [0.717, 1.165) is 12.8 Å². The van der Waals surface area contributed by atoms with Gasteiger partial charge in [-0.3, -0.25) is 14.3 Å². The third-order valence-corrected chi connectivity index (χ3v) is 3.78. The van der Waals surface area contributed by atoms with E-state index in [1.54, 1.807) is 11.6 Å². The van der Waals surface area contributed by atoms with Gasteiger partial charge in [-0.25, -0.2) is 19.4 Å². The molecule has 24 heavy (non-hydrogen) atoms. The zero-order valence-corrected chi connectivity index (χ0v) is 13.4. The van der Waals surface area contributed by atoms with E-state index < -0.39 is 11.2 Å². The van der Waals surface area contributed by atoms with Crippen molar-refractivity contribution < 1.29 is 0 Å². The fraction of sp³-hybridized carbons (Fsp3) is 0.429. The second-order valence-electron chi connectivity index (χ2n) is 5.40. The highest BCUT2D eigenvalue weighted by Crippen LogP contribution is 2.11. The number of hydrogen-bond acceptors (Lipinski definition) is 6. The maximum absolute atomic E-state index is 12.2. The molecule has 0 unspecified atom stereocenters. The molecule has 1 N–H and O–H groups in total. The summed E-state index contributed by atoms with van der Waals surface area (Å²) in [6.07, 6.45) is 3.15. The minimum atomic E-state index is -0.472. The molecule has 0 aromatic carbocycles. The first kappa shape index (κ1) is 15.7. The third-order valence-electron chi connectivity index (χ3n) is 3.78. The first-order valence-corrected chi connectivity index (χ1v) is 7.53. The van der Waals surface area contributed by atoms with Crippen LogP contribution in [0.1, 0.15) is 31.4 Å². The van der Waals surface area contributed by atoms with Crippen molar-refractivity contribution in [2.24, 2.45) is 7.05 Å². The molecule has 3 rings (SSSR count). The van der Waals surface area contributed by atoms with Crippen LogP contribution in [0.4, 0.5) is 0 Å². The van der Waals surface area contributed by atoms with Gasteiger partial charge in [0, 0.05) is 13.6 Å². The predicted molar refractivity (Wildman–Crippen MR) is 84.3 cm³/mol. The zero-order chi connectivity index (χ0) is 17.3. The molecule has 3 aromatic rings. The van der Waals surface area contributed by atoms with Crippen molar-refractivity contribution in [1.29, 1.82) is 5.26 Å². The standard InChI is InChI=1S/C14H16N8O2/c1-3-4-5-22-12-11(13(23)18-14(22)24)20(2)10(17-12)7-21-8-16-9(6-15)19-21/h8H,3-5,7H2,1-2H3,(H,18,23,24). The lowest BCUT2D eigenvalue weighted by Crippen LogP contribution is -2.31. The largest absolute Gasteiger partial charge is 0.330 e. The van der Waals surface area contributed by atoms with Crippen LogP contribution in [-0.4, -0.2) is 33.9 Å². The number of unbranched alkanes of at least 4 members (excludes halogenated alkanes) is 1. The van der Waals surface area contributed by atoms with Gasteiger partial charge in [-0.1, -0.05) is 13.3 Å². The fourth-order valence-corrected chi connectivity index (χ4v) is 2.52. The van der Waals surface area contributed by atoms with Gasteiger partial charge in [-0.15, -0.1) is 5.10 Å². The van der Waals surface area contributed by atoms with E-state index in [1.165, 1.54) is 15.6 Å². The molecule has 0 spiro atoms. The van der Waals surface area contributed by atoms with Crippen LogP contribution >= 0.6 is 0 Å². The van der Waals surface area contributed by atoms with Gasteiger partial charge in [0.05, 0.1) is 0 Å². The van der Waals surface area contributed by atoms with Crippen molar-refractivity contribution in [3.05, 3.63) is 38.8 Å². The quantitative estimate of drug-likeness (QED) is 0.687. The molecule has 0 aliphatic rings. The maximum atomic E-state index is 12.2. The van der Waals surface area contributed by atoms with E-state index in [-0.39, 0.29) is 12.4 Å². The molecule has 0 amide bonds. The lowest BCUT2D eigenvalue weighted by molar-refractivity contribution is 0.611. The van der Waals surface area contributed by atoms with Gasteiger partial charge in [0.2, 0.25) is 0 Å². The second-order valence-corrected chi connectivity index (χ2v) is 5.40. The van der Waals surface area contributed by atoms with E-state index in [0.29, 0.717) is 23.5 Å². The summed E-state index contributed by atoms with van der Waals surface area (Å²) in [6, 6.07) is 1.85. The monoisotopic (exact) mass is 328 g/mol. The number of fused-ring (bicyclic) bond motifs is 1. The Morgan fingerprint density at radius 3 is 2.83 bits per heavy atom. The summed E-state index contributed by atoms with van der Waals surface area (Å²) in [5.41, 5.74) is -0.241. The number of H-pyrrole nitrogens is 1. The van der Waals surface area contributed by atoms with E-state index >= 15 is 0 Å². The molecule has 0 aliphatic carbocycles. The molecule has 0 atom stereocenters. The van der Waals surface area contributed by atoms with Crippen LogP contribution in [0.5, 0.6) is 0 Å². The number of nitriles is 1. The molecule has 0 aliphatic heterocycles. The molecule has 3 heterocycles. The van der Waals surface area contributed by atoms with Gasteiger partial charge in [-0.05, 0) is 6.42 Å². The van der Waals surface area contributed by atoms with Crippen LogP contribution in [0.25, 0.3) is 11.2 Å². The van der Waals surface area contributed by atoms with Crippen molar-refractivity contribution >= 4 is 11.2 Å². The molecule has 0 saturated carbocycles. The summed E-state index contributed by atoms with van der Waals surface area (Å²) in [5, 5.41) is 12.8. The van der Waals surface area contributed by atoms with Gasteiger partial charge >= 0.3 is 5.69 Å². The molecular formula is C14H16N8O2. The second kappa shape index (κ2) is 6.11. The first-order valence-electron chi connectivity index (χ1n) is 7.53. The highest BCUT2D eigenvalue weighted by molar-refractivity contribution is 5.70. The van der Waals surface area contributed by atoms with E-state index in [4.69, 9.17) is 5.26 Å². The number of aromatic nitrogens is 7. The third kappa shape index (κ3) is 2.60. The summed E-state index contributed by atoms with van der Waals surface area (Å²) in [6.45, 7) is 2.75. The molecule has 124 valence electrons. The number of aromatic amines is 1. The summed E-state index contributed by atoms with van der Waals surface area (Å²) < 4.78 is 4.57. The number of hydrogen-bond donors (Lipinski definition) is 1. The topological polar surface area (TPSA) is 127 Å². The van der Waals surface area contributed by atoms with Crippen molar-refractivity contribution in [1.82, 2.24) is 33.9 Å². The fourth-order valence-electron chi connectivity index (χ4n) is 2.52. The van der Waals surface area contributed by atoms with Crippen LogP contribution in [0.2, 0.25) is 0 Å². The first-order chi connectivity index (χ1) is 11.5. The smallest absolute Gasteiger partial charge is 0.324 e. The normalized spacial score (nSPS) is 11.0. The van der Waals surface area contributed by atoms with Crippen LogP contribution < -0.4 is 11.2 Å². The average Bonchev–Trinajstić information content (AvgIpc) is 3.13. The Balaban J connectivity index is 2.12. The molecule has 10 heteroatoms. The van der Waals surface area contributed by atoms with Crippen molar-refractivity contribution in [3.8, 4) is 6.07 Å².